The molecule has 1 aliphatic heterocycles. The number of ether oxygens (including phenoxy) is 1. The van der Waals surface area contributed by atoms with E-state index in [0.29, 0.717) is 6.04 Å². The Morgan fingerprint density at radius 2 is 1.83 bits per heavy atom. The maximum Gasteiger partial charge on any atom is 0.225 e. The van der Waals surface area contributed by atoms with Gasteiger partial charge in [0.15, 0.2) is 0 Å². The third kappa shape index (κ3) is 2.96. The van der Waals surface area contributed by atoms with E-state index in [9.17, 15) is 0 Å². The smallest absolute Gasteiger partial charge is 0.225 e. The van der Waals surface area contributed by atoms with Crippen LogP contribution in [0.3, 0.4) is 0 Å². The molecule has 5 nitrogen and oxygen atoms in total. The van der Waals surface area contributed by atoms with E-state index >= 15 is 0 Å². The van der Waals surface area contributed by atoms with E-state index < -0.39 is 0 Å². The molecule has 0 spiro atoms. The van der Waals surface area contributed by atoms with Gasteiger partial charge in [0.05, 0.1) is 7.11 Å². The van der Waals surface area contributed by atoms with Gasteiger partial charge in [0.2, 0.25) is 5.95 Å². The van der Waals surface area contributed by atoms with Gasteiger partial charge in [-0.05, 0) is 42.5 Å². The fourth-order valence-corrected chi connectivity index (χ4v) is 3.98. The standard InChI is InChI=1S/C19H24N4O/c1-24-18-5-2-4-15-6-7-16(14-17(15)18)22-10-12-23(13-11-22)19-20-8-3-9-21-19/h2-5,8-9,16H,6-7,10-14H2,1H3. The molecule has 1 aliphatic carbocycles. The molecule has 1 aromatic carbocycles. The van der Waals surface area contributed by atoms with E-state index in [1.807, 2.05) is 18.5 Å². The van der Waals surface area contributed by atoms with Crippen molar-refractivity contribution in [2.75, 3.05) is 38.2 Å². The van der Waals surface area contributed by atoms with Gasteiger partial charge in [-0.25, -0.2) is 9.97 Å². The predicted molar refractivity (Wildman–Crippen MR) is 94.6 cm³/mol. The minimum absolute atomic E-state index is 0.618. The van der Waals surface area contributed by atoms with Gasteiger partial charge in [-0.3, -0.25) is 4.90 Å². The Kier molecular flexibility index (Phi) is 4.34. The van der Waals surface area contributed by atoms with Crippen molar-refractivity contribution < 1.29 is 4.74 Å². The Bertz CT molecular complexity index is 669. The van der Waals surface area contributed by atoms with E-state index in [0.717, 1.165) is 50.7 Å². The SMILES string of the molecule is COc1cccc2c1CC(N1CCN(c3ncccn3)CC1)CC2. The van der Waals surface area contributed by atoms with Gasteiger partial charge in [0.1, 0.15) is 5.75 Å². The lowest BCUT2D eigenvalue weighted by atomic mass is 9.86. The second-order valence-corrected chi connectivity index (χ2v) is 6.57. The van der Waals surface area contributed by atoms with Crippen LogP contribution in [0.25, 0.3) is 0 Å². The third-order valence-corrected chi connectivity index (χ3v) is 5.30. The first-order valence-electron chi connectivity index (χ1n) is 8.76. The molecule has 1 fully saturated rings. The van der Waals surface area contributed by atoms with Crippen LogP contribution < -0.4 is 9.64 Å². The summed E-state index contributed by atoms with van der Waals surface area (Å²) in [5.74, 6) is 1.90. The summed E-state index contributed by atoms with van der Waals surface area (Å²) in [4.78, 5) is 13.7. The summed E-state index contributed by atoms with van der Waals surface area (Å²) in [6, 6.07) is 8.93. The molecule has 2 aromatic rings. The minimum atomic E-state index is 0.618. The number of aromatic nitrogens is 2. The fraction of sp³-hybridized carbons (Fsp3) is 0.474. The number of fused-ring (bicyclic) bond motifs is 1. The first-order valence-corrected chi connectivity index (χ1v) is 8.76. The van der Waals surface area contributed by atoms with E-state index in [4.69, 9.17) is 4.74 Å². The van der Waals surface area contributed by atoms with Crippen molar-refractivity contribution in [2.45, 2.75) is 25.3 Å². The first kappa shape index (κ1) is 15.4. The highest BCUT2D eigenvalue weighted by atomic mass is 16.5. The maximum atomic E-state index is 5.58. The van der Waals surface area contributed by atoms with Crippen molar-refractivity contribution in [3.63, 3.8) is 0 Å². The molecule has 1 saturated heterocycles. The number of nitrogens with zero attached hydrogens (tertiary/aromatic N) is 4. The molecule has 1 unspecified atom stereocenters. The van der Waals surface area contributed by atoms with Crippen LogP contribution in [0.1, 0.15) is 17.5 Å². The van der Waals surface area contributed by atoms with Gasteiger partial charge in [-0.2, -0.15) is 0 Å². The van der Waals surface area contributed by atoms with Gasteiger partial charge in [-0.1, -0.05) is 12.1 Å². The second kappa shape index (κ2) is 6.77. The largest absolute Gasteiger partial charge is 0.496 e. The molecule has 0 N–H and O–H groups in total. The molecule has 126 valence electrons. The topological polar surface area (TPSA) is 41.5 Å². The summed E-state index contributed by atoms with van der Waals surface area (Å²) in [6.07, 6.45) is 7.13. The number of piperazine rings is 1. The van der Waals surface area contributed by atoms with Gasteiger partial charge >= 0.3 is 0 Å². The zero-order valence-corrected chi connectivity index (χ0v) is 14.2. The highest BCUT2D eigenvalue weighted by molar-refractivity contribution is 5.42. The zero-order valence-electron chi connectivity index (χ0n) is 14.2. The van der Waals surface area contributed by atoms with Gasteiger partial charge in [-0.15, -0.1) is 0 Å². The molecule has 5 heteroatoms. The molecule has 0 saturated carbocycles. The van der Waals surface area contributed by atoms with E-state index in [1.54, 1.807) is 7.11 Å². The van der Waals surface area contributed by atoms with E-state index in [2.05, 4.69) is 38.0 Å². The molecule has 4 rings (SSSR count). The number of aryl methyl sites for hydroxylation is 1. The number of hydrogen-bond donors (Lipinski definition) is 0. The number of benzene rings is 1. The average molecular weight is 324 g/mol. The summed E-state index contributed by atoms with van der Waals surface area (Å²) in [6.45, 7) is 4.15. The molecule has 2 aliphatic rings. The van der Waals surface area contributed by atoms with Crippen molar-refractivity contribution >= 4 is 5.95 Å². The lowest BCUT2D eigenvalue weighted by Crippen LogP contribution is -2.52. The normalized spacial score (nSPS) is 21.4. The van der Waals surface area contributed by atoms with Crippen molar-refractivity contribution in [3.8, 4) is 5.75 Å². The van der Waals surface area contributed by atoms with Crippen LogP contribution in [0.2, 0.25) is 0 Å². The van der Waals surface area contributed by atoms with Crippen LogP contribution >= 0.6 is 0 Å². The molecular formula is C19H24N4O. The highest BCUT2D eigenvalue weighted by Gasteiger charge is 2.29. The van der Waals surface area contributed by atoms with Gasteiger partial charge in [0.25, 0.3) is 0 Å². The Morgan fingerprint density at radius 3 is 2.58 bits per heavy atom. The van der Waals surface area contributed by atoms with Crippen LogP contribution in [0.15, 0.2) is 36.7 Å². The van der Waals surface area contributed by atoms with Crippen LogP contribution in [0.5, 0.6) is 5.75 Å². The molecule has 24 heavy (non-hydrogen) atoms. The molecule has 1 atom stereocenters. The summed E-state index contributed by atoms with van der Waals surface area (Å²) < 4.78 is 5.58. The van der Waals surface area contributed by atoms with Crippen molar-refractivity contribution in [3.05, 3.63) is 47.8 Å². The lowest BCUT2D eigenvalue weighted by molar-refractivity contribution is 0.168. The summed E-state index contributed by atoms with van der Waals surface area (Å²) in [5.41, 5.74) is 2.87. The highest BCUT2D eigenvalue weighted by Crippen LogP contribution is 2.31. The number of rotatable bonds is 3. The fourth-order valence-electron chi connectivity index (χ4n) is 3.98. The quantitative estimate of drug-likeness (QED) is 0.865. The van der Waals surface area contributed by atoms with Crippen molar-refractivity contribution in [2.24, 2.45) is 0 Å². The molecule has 0 bridgehead atoms. The average Bonchev–Trinajstić information content (AvgIpc) is 2.68. The predicted octanol–water partition coefficient (Wildman–Crippen LogP) is 2.16. The molecule has 0 amide bonds. The zero-order chi connectivity index (χ0) is 16.4. The first-order chi connectivity index (χ1) is 11.8. The van der Waals surface area contributed by atoms with Crippen LogP contribution in [-0.2, 0) is 12.8 Å². The van der Waals surface area contributed by atoms with Crippen LogP contribution in [-0.4, -0.2) is 54.2 Å². The molecule has 2 heterocycles. The van der Waals surface area contributed by atoms with Gasteiger partial charge in [0, 0.05) is 44.6 Å². The Hall–Kier alpha value is -2.14. The molecular weight excluding hydrogens is 300 g/mol. The Labute approximate surface area is 143 Å². The third-order valence-electron chi connectivity index (χ3n) is 5.30. The maximum absolute atomic E-state index is 5.58. The van der Waals surface area contributed by atoms with Crippen molar-refractivity contribution in [1.82, 2.24) is 14.9 Å². The number of methoxy groups -OCH3 is 1. The van der Waals surface area contributed by atoms with Crippen molar-refractivity contribution in [1.29, 1.82) is 0 Å². The molecule has 1 aromatic heterocycles. The van der Waals surface area contributed by atoms with E-state index in [1.165, 1.54) is 17.5 Å². The van der Waals surface area contributed by atoms with Crippen LogP contribution in [0, 0.1) is 0 Å². The summed E-state index contributed by atoms with van der Waals surface area (Å²) in [7, 11) is 1.78. The Morgan fingerprint density at radius 1 is 1.04 bits per heavy atom. The Balaban J connectivity index is 1.42. The summed E-state index contributed by atoms with van der Waals surface area (Å²) >= 11 is 0. The second-order valence-electron chi connectivity index (χ2n) is 6.57. The number of anilines is 1. The summed E-state index contributed by atoms with van der Waals surface area (Å²) in [5, 5.41) is 0. The number of hydrogen-bond acceptors (Lipinski definition) is 5. The molecule has 0 radical (unpaired) electrons. The monoisotopic (exact) mass is 324 g/mol. The minimum Gasteiger partial charge on any atom is -0.496 e. The van der Waals surface area contributed by atoms with Gasteiger partial charge < -0.3 is 9.64 Å². The lowest BCUT2D eigenvalue weighted by Gasteiger charge is -2.41. The van der Waals surface area contributed by atoms with E-state index in [-0.39, 0.29) is 0 Å². The van der Waals surface area contributed by atoms with Crippen LogP contribution in [0.4, 0.5) is 5.95 Å².